The Bertz CT molecular complexity index is 230. The molecular weight excluding hydrogens is 213 g/mol. The highest BCUT2D eigenvalue weighted by atomic mass is 79.9. The SMILES string of the molecule is Cl/C=C/c1ccc(Br)nc1. The van der Waals surface area contributed by atoms with Crippen molar-refractivity contribution in [3.05, 3.63) is 34.0 Å². The van der Waals surface area contributed by atoms with Gasteiger partial charge < -0.3 is 0 Å². The van der Waals surface area contributed by atoms with E-state index in [1.807, 2.05) is 12.1 Å². The number of hydrogen-bond donors (Lipinski definition) is 0. The molecule has 0 atom stereocenters. The van der Waals surface area contributed by atoms with E-state index in [1.165, 1.54) is 5.54 Å². The zero-order valence-electron chi connectivity index (χ0n) is 5.09. The van der Waals surface area contributed by atoms with Gasteiger partial charge in [0.1, 0.15) is 4.60 Å². The summed E-state index contributed by atoms with van der Waals surface area (Å²) in [6.07, 6.45) is 3.52. The third-order valence-corrected chi connectivity index (χ3v) is 1.60. The van der Waals surface area contributed by atoms with Crippen molar-refractivity contribution in [2.24, 2.45) is 0 Å². The molecule has 3 heteroatoms. The van der Waals surface area contributed by atoms with Gasteiger partial charge >= 0.3 is 0 Å². The Labute approximate surface area is 72.9 Å². The molecule has 52 valence electrons. The molecule has 0 aliphatic heterocycles. The molecule has 0 saturated heterocycles. The first-order valence-corrected chi connectivity index (χ1v) is 3.94. The lowest BCUT2D eigenvalue weighted by molar-refractivity contribution is 1.27. The largest absolute Gasteiger partial charge is 0.249 e. The molecule has 0 amide bonds. The fraction of sp³-hybridized carbons (Fsp3) is 0. The number of hydrogen-bond acceptors (Lipinski definition) is 1. The topological polar surface area (TPSA) is 12.9 Å². The summed E-state index contributed by atoms with van der Waals surface area (Å²) in [5.74, 6) is 0. The Kier molecular flexibility index (Phi) is 2.90. The van der Waals surface area contributed by atoms with Crippen molar-refractivity contribution in [1.29, 1.82) is 0 Å². The van der Waals surface area contributed by atoms with Crippen LogP contribution in [0.15, 0.2) is 28.5 Å². The number of aromatic nitrogens is 1. The standard InChI is InChI=1S/C7H5BrClN/c8-7-2-1-6(3-4-9)5-10-7/h1-5H/b4-3+. The van der Waals surface area contributed by atoms with Gasteiger partial charge in [0, 0.05) is 11.7 Å². The van der Waals surface area contributed by atoms with Crippen LogP contribution in [0.3, 0.4) is 0 Å². The predicted octanol–water partition coefficient (Wildman–Crippen LogP) is 3.05. The van der Waals surface area contributed by atoms with Crippen LogP contribution in [0.5, 0.6) is 0 Å². The minimum atomic E-state index is 0.833. The Hall–Kier alpha value is -0.340. The smallest absolute Gasteiger partial charge is 0.106 e. The Morgan fingerprint density at radius 3 is 2.80 bits per heavy atom. The molecule has 1 aromatic rings. The van der Waals surface area contributed by atoms with Crippen molar-refractivity contribution in [3.8, 4) is 0 Å². The van der Waals surface area contributed by atoms with E-state index in [4.69, 9.17) is 11.6 Å². The highest BCUT2D eigenvalue weighted by Gasteiger charge is 1.86. The fourth-order valence-corrected chi connectivity index (χ4v) is 0.939. The molecule has 0 saturated carbocycles. The van der Waals surface area contributed by atoms with Crippen molar-refractivity contribution in [3.63, 3.8) is 0 Å². The zero-order chi connectivity index (χ0) is 7.40. The van der Waals surface area contributed by atoms with Crippen molar-refractivity contribution in [2.45, 2.75) is 0 Å². The first-order chi connectivity index (χ1) is 4.83. The van der Waals surface area contributed by atoms with Gasteiger partial charge in [-0.2, -0.15) is 0 Å². The molecule has 1 aromatic heterocycles. The van der Waals surface area contributed by atoms with Crippen LogP contribution in [-0.2, 0) is 0 Å². The molecule has 10 heavy (non-hydrogen) atoms. The molecule has 0 aliphatic carbocycles. The summed E-state index contributed by atoms with van der Waals surface area (Å²) >= 11 is 8.58. The van der Waals surface area contributed by atoms with Crippen LogP contribution in [-0.4, -0.2) is 4.98 Å². The lowest BCUT2D eigenvalue weighted by Crippen LogP contribution is -1.75. The van der Waals surface area contributed by atoms with E-state index in [0.717, 1.165) is 10.2 Å². The summed E-state index contributed by atoms with van der Waals surface area (Å²) < 4.78 is 0.833. The van der Waals surface area contributed by atoms with Gasteiger partial charge in [-0.3, -0.25) is 0 Å². The average molecular weight is 218 g/mol. The van der Waals surface area contributed by atoms with Crippen LogP contribution < -0.4 is 0 Å². The third kappa shape index (κ3) is 2.12. The molecule has 0 radical (unpaired) electrons. The maximum atomic E-state index is 5.36. The second-order valence-electron chi connectivity index (χ2n) is 1.71. The molecule has 0 N–H and O–H groups in total. The van der Waals surface area contributed by atoms with Crippen LogP contribution in [0.2, 0.25) is 0 Å². The minimum Gasteiger partial charge on any atom is -0.249 e. The van der Waals surface area contributed by atoms with Crippen LogP contribution >= 0.6 is 27.5 Å². The Morgan fingerprint density at radius 2 is 2.30 bits per heavy atom. The Balaban J connectivity index is 2.89. The van der Waals surface area contributed by atoms with E-state index in [0.29, 0.717) is 0 Å². The van der Waals surface area contributed by atoms with Crippen molar-refractivity contribution >= 4 is 33.6 Å². The fourth-order valence-electron chi connectivity index (χ4n) is 0.559. The van der Waals surface area contributed by atoms with Gasteiger partial charge in [-0.1, -0.05) is 17.7 Å². The van der Waals surface area contributed by atoms with Crippen LogP contribution in [0.1, 0.15) is 5.56 Å². The number of pyridine rings is 1. The summed E-state index contributed by atoms with van der Waals surface area (Å²) in [5.41, 5.74) is 2.46. The molecule has 0 spiro atoms. The van der Waals surface area contributed by atoms with Crippen LogP contribution in [0.25, 0.3) is 6.08 Å². The summed E-state index contributed by atoms with van der Waals surface area (Å²) in [6.45, 7) is 0. The summed E-state index contributed by atoms with van der Waals surface area (Å²) in [4.78, 5) is 4.00. The number of nitrogens with zero attached hydrogens (tertiary/aromatic N) is 1. The lowest BCUT2D eigenvalue weighted by atomic mass is 10.3. The molecule has 0 aromatic carbocycles. The first kappa shape index (κ1) is 7.76. The molecule has 0 unspecified atom stereocenters. The van der Waals surface area contributed by atoms with E-state index >= 15 is 0 Å². The van der Waals surface area contributed by atoms with Gasteiger partial charge in [-0.05, 0) is 33.6 Å². The maximum absolute atomic E-state index is 5.36. The van der Waals surface area contributed by atoms with Gasteiger partial charge in [-0.15, -0.1) is 0 Å². The predicted molar refractivity (Wildman–Crippen MR) is 46.8 cm³/mol. The van der Waals surface area contributed by atoms with Crippen molar-refractivity contribution in [1.82, 2.24) is 4.98 Å². The maximum Gasteiger partial charge on any atom is 0.106 e. The third-order valence-electron chi connectivity index (χ3n) is 1.01. The average Bonchev–Trinajstić information content (AvgIpc) is 1.95. The Morgan fingerprint density at radius 1 is 1.50 bits per heavy atom. The minimum absolute atomic E-state index is 0.833. The van der Waals surface area contributed by atoms with Crippen LogP contribution in [0, 0.1) is 0 Å². The molecule has 0 bridgehead atoms. The van der Waals surface area contributed by atoms with Crippen molar-refractivity contribution < 1.29 is 0 Å². The second kappa shape index (κ2) is 3.74. The first-order valence-electron chi connectivity index (χ1n) is 2.71. The molecule has 1 heterocycles. The van der Waals surface area contributed by atoms with E-state index in [1.54, 1.807) is 12.3 Å². The van der Waals surface area contributed by atoms with Crippen molar-refractivity contribution in [2.75, 3.05) is 0 Å². The normalized spacial score (nSPS) is 10.6. The summed E-state index contributed by atoms with van der Waals surface area (Å²) in [6, 6.07) is 3.79. The monoisotopic (exact) mass is 217 g/mol. The van der Waals surface area contributed by atoms with E-state index in [9.17, 15) is 0 Å². The summed E-state index contributed by atoms with van der Waals surface area (Å²) in [5, 5.41) is 0. The lowest BCUT2D eigenvalue weighted by Gasteiger charge is -1.90. The molecule has 0 aliphatic rings. The second-order valence-corrected chi connectivity index (χ2v) is 2.77. The van der Waals surface area contributed by atoms with Gasteiger partial charge in [0.2, 0.25) is 0 Å². The van der Waals surface area contributed by atoms with Gasteiger partial charge in [0.15, 0.2) is 0 Å². The highest BCUT2D eigenvalue weighted by Crippen LogP contribution is 2.07. The number of rotatable bonds is 1. The molecule has 1 nitrogen and oxygen atoms in total. The summed E-state index contributed by atoms with van der Waals surface area (Å²) in [7, 11) is 0. The zero-order valence-corrected chi connectivity index (χ0v) is 7.43. The highest BCUT2D eigenvalue weighted by molar-refractivity contribution is 9.10. The molecule has 1 rings (SSSR count). The van der Waals surface area contributed by atoms with E-state index < -0.39 is 0 Å². The van der Waals surface area contributed by atoms with E-state index in [-0.39, 0.29) is 0 Å². The molecular formula is C7H5BrClN. The van der Waals surface area contributed by atoms with Gasteiger partial charge in [0.05, 0.1) is 0 Å². The quantitative estimate of drug-likeness (QED) is 0.660. The van der Waals surface area contributed by atoms with E-state index in [2.05, 4.69) is 20.9 Å². The van der Waals surface area contributed by atoms with Gasteiger partial charge in [-0.25, -0.2) is 4.98 Å². The van der Waals surface area contributed by atoms with Gasteiger partial charge in [0.25, 0.3) is 0 Å². The molecule has 0 fully saturated rings. The van der Waals surface area contributed by atoms with Crippen LogP contribution in [0.4, 0.5) is 0 Å². The number of halogens is 2.